The number of methoxy groups -OCH3 is 1. The summed E-state index contributed by atoms with van der Waals surface area (Å²) in [6.45, 7) is 4.08. The molecule has 3 rings (SSSR count). The van der Waals surface area contributed by atoms with E-state index < -0.39 is 0 Å². The smallest absolute Gasteiger partial charge is 0.214 e. The minimum atomic E-state index is 0.493. The fourth-order valence-electron chi connectivity index (χ4n) is 2.07. The van der Waals surface area contributed by atoms with Crippen LogP contribution in [0.3, 0.4) is 0 Å². The Bertz CT molecular complexity index is 728. The Balaban J connectivity index is 2.15. The molecule has 1 aromatic carbocycles. The first-order valence-electron chi connectivity index (χ1n) is 5.86. The lowest BCUT2D eigenvalue weighted by molar-refractivity contribution is 0.411. The lowest BCUT2D eigenvalue weighted by Crippen LogP contribution is -1.92. The van der Waals surface area contributed by atoms with Crippen LogP contribution < -0.4 is 10.5 Å². The van der Waals surface area contributed by atoms with Gasteiger partial charge in [-0.25, -0.2) is 9.50 Å². The zero-order chi connectivity index (χ0) is 13.6. The van der Waals surface area contributed by atoms with E-state index >= 15 is 0 Å². The van der Waals surface area contributed by atoms with Crippen molar-refractivity contribution in [2.75, 3.05) is 12.8 Å². The molecule has 0 aliphatic heterocycles. The van der Waals surface area contributed by atoms with Crippen LogP contribution in [0, 0.1) is 13.8 Å². The fourth-order valence-corrected chi connectivity index (χ4v) is 3.04. The van der Waals surface area contributed by atoms with Gasteiger partial charge in [0.2, 0.25) is 4.96 Å². The normalized spacial score (nSPS) is 11.1. The van der Waals surface area contributed by atoms with Gasteiger partial charge >= 0.3 is 0 Å². The molecule has 0 amide bonds. The van der Waals surface area contributed by atoms with Crippen LogP contribution in [-0.2, 0) is 0 Å². The minimum absolute atomic E-state index is 0.493. The van der Waals surface area contributed by atoms with Crippen molar-refractivity contribution in [1.82, 2.24) is 14.6 Å². The third kappa shape index (κ3) is 1.94. The van der Waals surface area contributed by atoms with E-state index in [1.165, 1.54) is 11.3 Å². The lowest BCUT2D eigenvalue weighted by Gasteiger charge is -2.09. The number of benzene rings is 1. The van der Waals surface area contributed by atoms with E-state index in [2.05, 4.69) is 23.1 Å². The lowest BCUT2D eigenvalue weighted by atomic mass is 10.1. The number of hydrogen-bond acceptors (Lipinski definition) is 5. The summed E-state index contributed by atoms with van der Waals surface area (Å²) in [5.41, 5.74) is 8.96. The molecule has 5 nitrogen and oxygen atoms in total. The minimum Gasteiger partial charge on any atom is -0.496 e. The number of imidazole rings is 1. The standard InChI is InChI=1S/C13H14N4OS/c1-7-5-10(18-3)8(2)4-9(7)12-16-17-6-11(14)15-13(17)19-12/h4-6H,14H2,1-3H3. The largest absolute Gasteiger partial charge is 0.496 e. The number of anilines is 1. The van der Waals surface area contributed by atoms with Gasteiger partial charge in [-0.2, -0.15) is 5.10 Å². The average Bonchev–Trinajstić information content (AvgIpc) is 2.88. The summed E-state index contributed by atoms with van der Waals surface area (Å²) in [6.07, 6.45) is 1.72. The van der Waals surface area contributed by atoms with Gasteiger partial charge in [0.15, 0.2) is 0 Å². The first kappa shape index (κ1) is 12.0. The molecule has 0 saturated heterocycles. The van der Waals surface area contributed by atoms with Gasteiger partial charge in [-0.05, 0) is 37.1 Å². The zero-order valence-electron chi connectivity index (χ0n) is 11.0. The van der Waals surface area contributed by atoms with Crippen LogP contribution in [0.4, 0.5) is 5.82 Å². The number of ether oxygens (including phenoxy) is 1. The van der Waals surface area contributed by atoms with E-state index in [0.717, 1.165) is 32.4 Å². The second-order valence-corrected chi connectivity index (χ2v) is 5.39. The third-order valence-corrected chi connectivity index (χ3v) is 3.99. The molecule has 0 spiro atoms. The Labute approximate surface area is 114 Å². The van der Waals surface area contributed by atoms with Crippen LogP contribution in [0.25, 0.3) is 15.5 Å². The highest BCUT2D eigenvalue weighted by atomic mass is 32.1. The van der Waals surface area contributed by atoms with Crippen molar-refractivity contribution in [3.8, 4) is 16.3 Å². The van der Waals surface area contributed by atoms with E-state index in [4.69, 9.17) is 10.5 Å². The Morgan fingerprint density at radius 1 is 1.26 bits per heavy atom. The molecule has 0 fully saturated rings. The van der Waals surface area contributed by atoms with Crippen molar-refractivity contribution in [3.05, 3.63) is 29.5 Å². The number of nitrogen functional groups attached to an aromatic ring is 1. The van der Waals surface area contributed by atoms with E-state index in [9.17, 15) is 0 Å². The van der Waals surface area contributed by atoms with Crippen LogP contribution in [0.1, 0.15) is 11.1 Å². The molecule has 19 heavy (non-hydrogen) atoms. The maximum absolute atomic E-state index is 5.63. The first-order valence-corrected chi connectivity index (χ1v) is 6.67. The Kier molecular flexibility index (Phi) is 2.67. The molecular weight excluding hydrogens is 260 g/mol. The number of rotatable bonds is 2. The second-order valence-electron chi connectivity index (χ2n) is 4.44. The van der Waals surface area contributed by atoms with Crippen molar-refractivity contribution in [1.29, 1.82) is 0 Å². The summed E-state index contributed by atoms with van der Waals surface area (Å²) in [4.78, 5) is 5.02. The highest BCUT2D eigenvalue weighted by molar-refractivity contribution is 7.19. The van der Waals surface area contributed by atoms with Crippen LogP contribution in [-0.4, -0.2) is 21.7 Å². The van der Waals surface area contributed by atoms with Crippen LogP contribution in [0.5, 0.6) is 5.75 Å². The molecule has 3 aromatic rings. The molecule has 0 saturated carbocycles. The highest BCUT2D eigenvalue weighted by Crippen LogP contribution is 2.32. The Morgan fingerprint density at radius 3 is 2.74 bits per heavy atom. The maximum atomic E-state index is 5.63. The topological polar surface area (TPSA) is 65.4 Å². The van der Waals surface area contributed by atoms with Crippen molar-refractivity contribution < 1.29 is 4.74 Å². The van der Waals surface area contributed by atoms with Gasteiger partial charge in [0.25, 0.3) is 0 Å². The molecular formula is C13H14N4OS. The predicted octanol–water partition coefficient (Wildman–Crippen LogP) is 2.67. The Morgan fingerprint density at radius 2 is 2.05 bits per heavy atom. The van der Waals surface area contributed by atoms with Crippen molar-refractivity contribution in [3.63, 3.8) is 0 Å². The van der Waals surface area contributed by atoms with Crippen LogP contribution in [0.2, 0.25) is 0 Å². The molecule has 0 radical (unpaired) electrons. The summed E-state index contributed by atoms with van der Waals surface area (Å²) in [7, 11) is 1.68. The highest BCUT2D eigenvalue weighted by Gasteiger charge is 2.13. The number of nitrogens with zero attached hydrogens (tertiary/aromatic N) is 3. The van der Waals surface area contributed by atoms with Gasteiger partial charge in [0, 0.05) is 5.56 Å². The summed E-state index contributed by atoms with van der Waals surface area (Å²) >= 11 is 1.53. The number of nitrogens with two attached hydrogens (primary N) is 1. The second kappa shape index (κ2) is 4.24. The molecule has 0 aliphatic rings. The van der Waals surface area contributed by atoms with Crippen LogP contribution in [0.15, 0.2) is 18.3 Å². The van der Waals surface area contributed by atoms with Gasteiger partial charge in [-0.15, -0.1) is 0 Å². The monoisotopic (exact) mass is 274 g/mol. The van der Waals surface area contributed by atoms with Gasteiger partial charge in [-0.1, -0.05) is 11.3 Å². The number of aromatic nitrogens is 3. The van der Waals surface area contributed by atoms with E-state index in [1.54, 1.807) is 17.8 Å². The number of hydrogen-bond donors (Lipinski definition) is 1. The van der Waals surface area contributed by atoms with E-state index in [-0.39, 0.29) is 0 Å². The zero-order valence-corrected chi connectivity index (χ0v) is 11.8. The maximum Gasteiger partial charge on any atom is 0.214 e. The molecule has 0 atom stereocenters. The van der Waals surface area contributed by atoms with Gasteiger partial charge < -0.3 is 10.5 Å². The number of fused-ring (bicyclic) bond motifs is 1. The van der Waals surface area contributed by atoms with Gasteiger partial charge in [0.1, 0.15) is 16.6 Å². The van der Waals surface area contributed by atoms with Crippen molar-refractivity contribution in [2.24, 2.45) is 0 Å². The van der Waals surface area contributed by atoms with Gasteiger partial charge in [-0.3, -0.25) is 0 Å². The fraction of sp³-hybridized carbons (Fsp3) is 0.231. The first-order chi connectivity index (χ1) is 9.08. The quantitative estimate of drug-likeness (QED) is 0.780. The van der Waals surface area contributed by atoms with Gasteiger partial charge in [0.05, 0.1) is 13.3 Å². The molecule has 0 bridgehead atoms. The molecule has 2 aromatic heterocycles. The van der Waals surface area contributed by atoms with E-state index in [0.29, 0.717) is 5.82 Å². The van der Waals surface area contributed by atoms with Crippen LogP contribution >= 0.6 is 11.3 Å². The SMILES string of the molecule is COc1cc(C)c(-c2nn3cc(N)nc3s2)cc1C. The summed E-state index contributed by atoms with van der Waals surface area (Å²) in [5, 5.41) is 5.45. The summed E-state index contributed by atoms with van der Waals surface area (Å²) in [5.74, 6) is 1.39. The number of aryl methyl sites for hydroxylation is 2. The molecule has 2 heterocycles. The predicted molar refractivity (Wildman–Crippen MR) is 76.7 cm³/mol. The van der Waals surface area contributed by atoms with Crippen molar-refractivity contribution in [2.45, 2.75) is 13.8 Å². The Hall–Kier alpha value is -2.08. The molecule has 0 aliphatic carbocycles. The molecule has 0 unspecified atom stereocenters. The summed E-state index contributed by atoms with van der Waals surface area (Å²) in [6, 6.07) is 4.12. The summed E-state index contributed by atoms with van der Waals surface area (Å²) < 4.78 is 7.04. The van der Waals surface area contributed by atoms with Crippen molar-refractivity contribution >= 4 is 22.1 Å². The third-order valence-electron chi connectivity index (χ3n) is 3.03. The molecule has 98 valence electrons. The average molecular weight is 274 g/mol. The molecule has 2 N–H and O–H groups in total. The molecule has 6 heteroatoms. The van der Waals surface area contributed by atoms with E-state index in [1.807, 2.05) is 13.0 Å².